The van der Waals surface area contributed by atoms with Gasteiger partial charge in [-0.05, 0) is 37.6 Å². The highest BCUT2D eigenvalue weighted by Crippen LogP contribution is 2.33. The molecular formula is C30H33F3N2O5S. The number of carbonyl (C=O) groups excluding carboxylic acids is 1. The largest absolute Gasteiger partial charge is 0.478 e. The van der Waals surface area contributed by atoms with Gasteiger partial charge in [0.05, 0.1) is 11.8 Å². The van der Waals surface area contributed by atoms with E-state index < -0.39 is 41.0 Å². The molecule has 3 rings (SSSR count). The Morgan fingerprint density at radius 1 is 1.12 bits per heavy atom. The number of rotatable bonds is 15. The SMILES string of the molecule is CCCCCCOCCC(OC)c1cccc(-c2csc(NC(=O)c3cc(F)c(/C=C(\C)C(=O)O)c(F)c3)n2)c1F. The van der Waals surface area contributed by atoms with Gasteiger partial charge in [0.25, 0.3) is 5.91 Å². The Kier molecular flexibility index (Phi) is 12.1. The van der Waals surface area contributed by atoms with Crippen molar-refractivity contribution in [2.45, 2.75) is 52.1 Å². The lowest BCUT2D eigenvalue weighted by Gasteiger charge is -2.18. The Morgan fingerprint density at radius 3 is 2.51 bits per heavy atom. The van der Waals surface area contributed by atoms with Crippen LogP contribution in [0.25, 0.3) is 17.3 Å². The lowest BCUT2D eigenvalue weighted by atomic mass is 10.0. The van der Waals surface area contributed by atoms with Gasteiger partial charge in [0.2, 0.25) is 0 Å². The quantitative estimate of drug-likeness (QED) is 0.139. The van der Waals surface area contributed by atoms with Crippen LogP contribution in [0.3, 0.4) is 0 Å². The van der Waals surface area contributed by atoms with Crippen LogP contribution < -0.4 is 5.32 Å². The Labute approximate surface area is 241 Å². The van der Waals surface area contributed by atoms with Crippen LogP contribution in [0.5, 0.6) is 0 Å². The zero-order valence-corrected chi connectivity index (χ0v) is 24.0. The van der Waals surface area contributed by atoms with Gasteiger partial charge in [0, 0.05) is 60.0 Å². The number of nitrogens with one attached hydrogen (secondary N) is 1. The van der Waals surface area contributed by atoms with Crippen LogP contribution in [0.15, 0.2) is 41.3 Å². The van der Waals surface area contributed by atoms with Crippen LogP contribution in [0, 0.1) is 17.5 Å². The molecule has 2 N–H and O–H groups in total. The van der Waals surface area contributed by atoms with Gasteiger partial charge < -0.3 is 14.6 Å². The maximum atomic E-state index is 15.5. The number of halogens is 3. The highest BCUT2D eigenvalue weighted by molar-refractivity contribution is 7.14. The second-order valence-corrected chi connectivity index (χ2v) is 10.2. The molecule has 0 bridgehead atoms. The number of carbonyl (C=O) groups is 2. The molecule has 1 aromatic heterocycles. The Hall–Kier alpha value is -3.54. The fourth-order valence-corrected chi connectivity index (χ4v) is 4.78. The molecule has 0 radical (unpaired) electrons. The standard InChI is InChI=1S/C30H33F3N2O5S/c1-4-5-6-7-12-40-13-11-26(39-3)21-10-8-9-20(27(21)33)25-17-41-30(34-25)35-28(36)19-15-23(31)22(24(32)16-19)14-18(2)29(37)38/h8-10,14-17,26H,4-7,11-13H2,1-3H3,(H,37,38)(H,34,35,36)/b18-14+. The predicted molar refractivity (Wildman–Crippen MR) is 152 cm³/mol. The van der Waals surface area contributed by atoms with Crippen molar-refractivity contribution in [3.8, 4) is 11.3 Å². The average Bonchev–Trinajstić information content (AvgIpc) is 3.40. The van der Waals surface area contributed by atoms with E-state index in [4.69, 9.17) is 14.6 Å². The molecule has 2 aromatic carbocycles. The molecule has 1 amide bonds. The summed E-state index contributed by atoms with van der Waals surface area (Å²) < 4.78 is 55.7. The minimum atomic E-state index is -1.33. The predicted octanol–water partition coefficient (Wildman–Crippen LogP) is 7.64. The number of aromatic nitrogens is 1. The van der Waals surface area contributed by atoms with Gasteiger partial charge in [-0.15, -0.1) is 11.3 Å². The number of unbranched alkanes of at least 4 members (excludes halogenated alkanes) is 3. The van der Waals surface area contributed by atoms with Crippen molar-refractivity contribution < 1.29 is 37.3 Å². The second kappa shape index (κ2) is 15.5. The summed E-state index contributed by atoms with van der Waals surface area (Å²) in [7, 11) is 1.51. The van der Waals surface area contributed by atoms with Crippen LogP contribution in [0.2, 0.25) is 0 Å². The molecule has 0 aliphatic rings. The van der Waals surface area contributed by atoms with Gasteiger partial charge >= 0.3 is 5.97 Å². The number of carboxylic acid groups (broad SMARTS) is 1. The van der Waals surface area contributed by atoms with E-state index in [1.807, 2.05) is 0 Å². The number of anilines is 1. The summed E-state index contributed by atoms with van der Waals surface area (Å²) in [5.74, 6) is -4.85. The van der Waals surface area contributed by atoms with Crippen LogP contribution in [0.1, 0.15) is 73.5 Å². The number of thiazole rings is 1. The molecule has 0 fully saturated rings. The van der Waals surface area contributed by atoms with Gasteiger partial charge in [-0.1, -0.05) is 38.3 Å². The number of methoxy groups -OCH3 is 1. The Balaban J connectivity index is 1.70. The summed E-state index contributed by atoms with van der Waals surface area (Å²) in [6.45, 7) is 4.42. The van der Waals surface area contributed by atoms with E-state index in [2.05, 4.69) is 17.2 Å². The fraction of sp³-hybridized carbons (Fsp3) is 0.367. The lowest BCUT2D eigenvalue weighted by molar-refractivity contribution is -0.132. The van der Waals surface area contributed by atoms with Crippen molar-refractivity contribution in [1.82, 2.24) is 4.98 Å². The monoisotopic (exact) mass is 590 g/mol. The second-order valence-electron chi connectivity index (χ2n) is 9.37. The average molecular weight is 591 g/mol. The molecule has 1 atom stereocenters. The summed E-state index contributed by atoms with van der Waals surface area (Å²) in [6.07, 6.45) is 5.21. The van der Waals surface area contributed by atoms with Gasteiger partial charge in [-0.3, -0.25) is 10.1 Å². The van der Waals surface area contributed by atoms with Gasteiger partial charge in [0.15, 0.2) is 5.13 Å². The van der Waals surface area contributed by atoms with E-state index in [0.29, 0.717) is 25.2 Å². The first-order chi connectivity index (χ1) is 19.7. The number of amides is 1. The molecule has 0 aliphatic heterocycles. The van der Waals surface area contributed by atoms with Gasteiger partial charge in [-0.25, -0.2) is 22.9 Å². The third-order valence-electron chi connectivity index (χ3n) is 6.37. The minimum absolute atomic E-state index is 0.0982. The normalized spacial score (nSPS) is 12.4. The Bertz CT molecular complexity index is 1370. The van der Waals surface area contributed by atoms with Crippen molar-refractivity contribution in [3.63, 3.8) is 0 Å². The smallest absolute Gasteiger partial charge is 0.331 e. The molecule has 220 valence electrons. The van der Waals surface area contributed by atoms with Crippen LogP contribution >= 0.6 is 11.3 Å². The number of aliphatic carboxylic acids is 1. The summed E-state index contributed by atoms with van der Waals surface area (Å²) in [6, 6.07) is 6.50. The van der Waals surface area contributed by atoms with E-state index in [-0.39, 0.29) is 27.5 Å². The molecule has 0 aliphatic carbocycles. The molecule has 11 heteroatoms. The molecule has 3 aromatic rings. The first-order valence-electron chi connectivity index (χ1n) is 13.2. The zero-order valence-electron chi connectivity index (χ0n) is 23.1. The van der Waals surface area contributed by atoms with Crippen LogP contribution in [0.4, 0.5) is 18.3 Å². The minimum Gasteiger partial charge on any atom is -0.478 e. The highest BCUT2D eigenvalue weighted by Gasteiger charge is 2.21. The van der Waals surface area contributed by atoms with E-state index in [9.17, 15) is 18.4 Å². The number of ether oxygens (including phenoxy) is 2. The number of carboxylic acids is 1. The van der Waals surface area contributed by atoms with Crippen molar-refractivity contribution in [2.24, 2.45) is 0 Å². The number of hydrogen-bond acceptors (Lipinski definition) is 6. The first kappa shape index (κ1) is 32.0. The van der Waals surface area contributed by atoms with Gasteiger partial charge in [-0.2, -0.15) is 0 Å². The summed E-state index contributed by atoms with van der Waals surface area (Å²) in [5, 5.41) is 13.1. The third kappa shape index (κ3) is 8.72. The lowest BCUT2D eigenvalue weighted by Crippen LogP contribution is -2.13. The maximum absolute atomic E-state index is 15.5. The van der Waals surface area contributed by atoms with Crippen molar-refractivity contribution in [2.75, 3.05) is 25.6 Å². The van der Waals surface area contributed by atoms with E-state index in [1.165, 1.54) is 20.5 Å². The van der Waals surface area contributed by atoms with E-state index in [0.717, 1.165) is 48.8 Å². The molecule has 1 heterocycles. The molecule has 41 heavy (non-hydrogen) atoms. The molecular weight excluding hydrogens is 557 g/mol. The summed E-state index contributed by atoms with van der Waals surface area (Å²) in [5.41, 5.74) is -0.324. The molecule has 0 spiro atoms. The van der Waals surface area contributed by atoms with Crippen molar-refractivity contribution in [3.05, 3.63) is 75.4 Å². The summed E-state index contributed by atoms with van der Waals surface area (Å²) in [4.78, 5) is 27.9. The number of nitrogens with zero attached hydrogens (tertiary/aromatic N) is 1. The Morgan fingerprint density at radius 2 is 1.85 bits per heavy atom. The molecule has 7 nitrogen and oxygen atoms in total. The molecule has 1 unspecified atom stereocenters. The topological polar surface area (TPSA) is 97.8 Å². The maximum Gasteiger partial charge on any atom is 0.331 e. The van der Waals surface area contributed by atoms with E-state index in [1.54, 1.807) is 23.6 Å². The zero-order chi connectivity index (χ0) is 29.9. The van der Waals surface area contributed by atoms with Gasteiger partial charge in [0.1, 0.15) is 17.5 Å². The van der Waals surface area contributed by atoms with Crippen LogP contribution in [-0.4, -0.2) is 42.3 Å². The third-order valence-corrected chi connectivity index (χ3v) is 7.12. The fourth-order valence-electron chi connectivity index (χ4n) is 4.08. The highest BCUT2D eigenvalue weighted by atomic mass is 32.1. The van der Waals surface area contributed by atoms with E-state index >= 15 is 4.39 Å². The summed E-state index contributed by atoms with van der Waals surface area (Å²) >= 11 is 1.02. The van der Waals surface area contributed by atoms with Crippen LogP contribution in [-0.2, 0) is 14.3 Å². The number of hydrogen-bond donors (Lipinski definition) is 2. The number of benzene rings is 2. The van der Waals surface area contributed by atoms with Crippen molar-refractivity contribution in [1.29, 1.82) is 0 Å². The molecule has 0 saturated heterocycles. The first-order valence-corrected chi connectivity index (χ1v) is 14.1. The molecule has 0 saturated carbocycles. The van der Waals surface area contributed by atoms with Crippen molar-refractivity contribution >= 4 is 34.4 Å².